The molecule has 1 aliphatic heterocycles. The molecule has 0 spiro atoms. The van der Waals surface area contributed by atoms with Gasteiger partial charge in [-0.05, 0) is 18.2 Å². The van der Waals surface area contributed by atoms with E-state index in [1.165, 1.54) is 0 Å². The normalized spacial score (nSPS) is 16.8. The van der Waals surface area contributed by atoms with Gasteiger partial charge in [0.15, 0.2) is 5.82 Å². The van der Waals surface area contributed by atoms with Crippen molar-refractivity contribution in [2.75, 3.05) is 13.1 Å². The molecule has 2 heterocycles. The van der Waals surface area contributed by atoms with Crippen molar-refractivity contribution >= 4 is 12.1 Å². The van der Waals surface area contributed by atoms with Crippen LogP contribution >= 0.6 is 0 Å². The minimum Gasteiger partial charge on any atom is -0.386 e. The number of benzene rings is 1. The van der Waals surface area contributed by atoms with Crippen molar-refractivity contribution in [1.29, 1.82) is 0 Å². The van der Waals surface area contributed by atoms with E-state index in [2.05, 4.69) is 10.1 Å². The Morgan fingerprint density at radius 3 is 2.03 bits per heavy atom. The van der Waals surface area contributed by atoms with Gasteiger partial charge in [-0.3, -0.25) is 4.79 Å². The van der Waals surface area contributed by atoms with Crippen LogP contribution in [-0.2, 0) is 17.1 Å². The van der Waals surface area contributed by atoms with Gasteiger partial charge in [0.25, 0.3) is 0 Å². The maximum atomic E-state index is 13.0. The molecule has 1 aromatic carbocycles. The average molecular weight is 488 g/mol. The molecule has 0 bridgehead atoms. The number of carbonyl (C=O) groups excluding carboxylic acids is 1. The Hall–Kier alpha value is -3.10. The fourth-order valence-electron chi connectivity index (χ4n) is 3.11. The first-order valence-electron chi connectivity index (χ1n) is 8.92. The number of hydrogen-bond donors (Lipinski definition) is 1. The standard InChI is InChI=1S/C18H13F9N4O2/c19-16(20,21)6-15(33)7-30(8-15)13(32)1-2-31-9-28-14(29-31)10-3-11(17(22,23)24)5-12(4-10)18(25,26)27/h1-5,9,33H,6-8H2. The van der Waals surface area contributed by atoms with Gasteiger partial charge in [0.1, 0.15) is 11.9 Å². The number of alkyl halides is 9. The summed E-state index contributed by atoms with van der Waals surface area (Å²) in [7, 11) is 0. The first-order valence-corrected chi connectivity index (χ1v) is 8.92. The molecule has 0 atom stereocenters. The van der Waals surface area contributed by atoms with Gasteiger partial charge in [-0.1, -0.05) is 0 Å². The minimum atomic E-state index is -5.06. The van der Waals surface area contributed by atoms with Crippen molar-refractivity contribution in [2.24, 2.45) is 0 Å². The molecule has 6 nitrogen and oxygen atoms in total. The summed E-state index contributed by atoms with van der Waals surface area (Å²) >= 11 is 0. The first-order chi connectivity index (χ1) is 15.0. The highest BCUT2D eigenvalue weighted by Crippen LogP contribution is 2.38. The fraction of sp³-hybridized carbons (Fsp3) is 0.389. The van der Waals surface area contributed by atoms with Crippen LogP contribution in [0.15, 0.2) is 30.6 Å². The van der Waals surface area contributed by atoms with Crippen molar-refractivity contribution < 1.29 is 49.4 Å². The largest absolute Gasteiger partial charge is 0.416 e. The van der Waals surface area contributed by atoms with Crippen LogP contribution in [0.1, 0.15) is 17.5 Å². The Labute approximate surface area is 178 Å². The molecule has 1 saturated heterocycles. The van der Waals surface area contributed by atoms with Crippen LogP contribution in [0.3, 0.4) is 0 Å². The van der Waals surface area contributed by atoms with Gasteiger partial charge >= 0.3 is 18.5 Å². The lowest BCUT2D eigenvalue weighted by atomic mass is 9.90. The van der Waals surface area contributed by atoms with E-state index in [9.17, 15) is 49.4 Å². The molecule has 33 heavy (non-hydrogen) atoms. The number of carbonyl (C=O) groups is 1. The Balaban J connectivity index is 1.74. The molecule has 2 aromatic rings. The summed E-state index contributed by atoms with van der Waals surface area (Å²) in [4.78, 5) is 16.5. The number of aromatic nitrogens is 3. The lowest BCUT2D eigenvalue weighted by Gasteiger charge is -2.46. The molecule has 1 amide bonds. The number of halogens is 9. The predicted molar refractivity (Wildman–Crippen MR) is 93.0 cm³/mol. The van der Waals surface area contributed by atoms with E-state index in [4.69, 9.17) is 0 Å². The second-order valence-corrected chi connectivity index (χ2v) is 7.37. The zero-order valence-corrected chi connectivity index (χ0v) is 16.1. The molecule has 0 saturated carbocycles. The highest BCUT2D eigenvalue weighted by Gasteiger charge is 2.50. The van der Waals surface area contributed by atoms with Crippen molar-refractivity contribution in [3.8, 4) is 11.4 Å². The summed E-state index contributed by atoms with van der Waals surface area (Å²) in [5.41, 5.74) is -5.78. The van der Waals surface area contributed by atoms with Crippen molar-refractivity contribution in [1.82, 2.24) is 19.7 Å². The zero-order valence-electron chi connectivity index (χ0n) is 16.1. The molecule has 15 heteroatoms. The van der Waals surface area contributed by atoms with Gasteiger partial charge in [-0.15, -0.1) is 5.10 Å². The molecule has 1 N–H and O–H groups in total. The topological polar surface area (TPSA) is 71.2 Å². The average Bonchev–Trinajstić information content (AvgIpc) is 3.10. The van der Waals surface area contributed by atoms with Crippen LogP contribution in [0.2, 0.25) is 0 Å². The van der Waals surface area contributed by atoms with Gasteiger partial charge < -0.3 is 10.0 Å². The Morgan fingerprint density at radius 2 is 1.55 bits per heavy atom. The number of amides is 1. The van der Waals surface area contributed by atoms with Crippen molar-refractivity contribution in [3.63, 3.8) is 0 Å². The third-order valence-electron chi connectivity index (χ3n) is 4.54. The molecular formula is C18H13F9N4O2. The lowest BCUT2D eigenvalue weighted by molar-refractivity contribution is -0.208. The van der Waals surface area contributed by atoms with Gasteiger partial charge in [-0.25, -0.2) is 9.67 Å². The van der Waals surface area contributed by atoms with Crippen LogP contribution in [0, 0.1) is 0 Å². The van der Waals surface area contributed by atoms with Gasteiger partial charge in [0, 0.05) is 17.8 Å². The maximum Gasteiger partial charge on any atom is 0.416 e. The Bertz CT molecular complexity index is 1030. The number of likely N-dealkylation sites (tertiary alicyclic amines) is 1. The molecule has 180 valence electrons. The Morgan fingerprint density at radius 1 is 1.00 bits per heavy atom. The van der Waals surface area contributed by atoms with E-state index in [0.717, 1.165) is 28.2 Å². The van der Waals surface area contributed by atoms with Crippen LogP contribution in [-0.4, -0.2) is 55.5 Å². The van der Waals surface area contributed by atoms with E-state index < -0.39 is 72.1 Å². The van der Waals surface area contributed by atoms with E-state index in [0.29, 0.717) is 12.1 Å². The maximum absolute atomic E-state index is 13.0. The highest BCUT2D eigenvalue weighted by molar-refractivity contribution is 5.90. The predicted octanol–water partition coefficient (Wildman–Crippen LogP) is 3.98. The molecule has 1 aromatic heterocycles. The van der Waals surface area contributed by atoms with Gasteiger partial charge in [0.2, 0.25) is 5.91 Å². The molecule has 1 fully saturated rings. The monoisotopic (exact) mass is 488 g/mol. The summed E-state index contributed by atoms with van der Waals surface area (Å²) in [6, 6.07) is 0.822. The molecule has 1 aliphatic rings. The third-order valence-corrected chi connectivity index (χ3v) is 4.54. The number of rotatable bonds is 4. The Kier molecular flexibility index (Phi) is 5.98. The SMILES string of the molecule is O=C(C=Cn1cnc(-c2cc(C(F)(F)F)cc(C(F)(F)F)c2)n1)N1CC(O)(CC(F)(F)F)C1. The summed E-state index contributed by atoms with van der Waals surface area (Å²) in [5, 5.41) is 13.4. The van der Waals surface area contributed by atoms with E-state index in [1.54, 1.807) is 0 Å². The molecule has 0 aliphatic carbocycles. The van der Waals surface area contributed by atoms with E-state index >= 15 is 0 Å². The summed E-state index contributed by atoms with van der Waals surface area (Å²) in [6.07, 6.45) is -13.5. The fourth-order valence-corrected chi connectivity index (χ4v) is 3.11. The van der Waals surface area contributed by atoms with Crippen LogP contribution in [0.5, 0.6) is 0 Å². The smallest absolute Gasteiger partial charge is 0.386 e. The summed E-state index contributed by atoms with van der Waals surface area (Å²) in [5.74, 6) is -1.29. The molecular weight excluding hydrogens is 475 g/mol. The lowest BCUT2D eigenvalue weighted by Crippen LogP contribution is -2.64. The second kappa shape index (κ2) is 8.04. The molecule has 0 unspecified atom stereocenters. The van der Waals surface area contributed by atoms with E-state index in [-0.39, 0.29) is 6.07 Å². The van der Waals surface area contributed by atoms with Gasteiger partial charge in [0.05, 0.1) is 30.6 Å². The molecule has 3 rings (SSSR count). The third kappa shape index (κ3) is 6.03. The van der Waals surface area contributed by atoms with Crippen LogP contribution < -0.4 is 0 Å². The number of aliphatic hydroxyl groups is 1. The number of hydrogen-bond acceptors (Lipinski definition) is 4. The van der Waals surface area contributed by atoms with E-state index in [1.807, 2.05) is 0 Å². The second-order valence-electron chi connectivity index (χ2n) is 7.37. The zero-order chi connectivity index (χ0) is 24.8. The van der Waals surface area contributed by atoms with Crippen molar-refractivity contribution in [3.05, 3.63) is 41.7 Å². The summed E-state index contributed by atoms with van der Waals surface area (Å²) in [6.45, 7) is -1.13. The first kappa shape index (κ1) is 24.5. The minimum absolute atomic E-state index is 0.0495. The molecule has 0 radical (unpaired) electrons. The van der Waals surface area contributed by atoms with Crippen molar-refractivity contribution in [2.45, 2.75) is 30.6 Å². The summed E-state index contributed by atoms with van der Waals surface area (Å²) < 4.78 is 116. The number of nitrogens with zero attached hydrogens (tertiary/aromatic N) is 4. The number of β-amino-alcohol motifs (C(OH)–C–C–N with tert-alkyl or cyclic N) is 1. The van der Waals surface area contributed by atoms with Crippen LogP contribution in [0.4, 0.5) is 39.5 Å². The quantitative estimate of drug-likeness (QED) is 0.522. The highest BCUT2D eigenvalue weighted by atomic mass is 19.4. The van der Waals surface area contributed by atoms with Crippen LogP contribution in [0.25, 0.3) is 17.6 Å². The van der Waals surface area contributed by atoms with Gasteiger partial charge in [-0.2, -0.15) is 39.5 Å².